The normalized spacial score (nSPS) is 11.5. The minimum atomic E-state index is -0.626. The summed E-state index contributed by atoms with van der Waals surface area (Å²) < 4.78 is 5.09. The van der Waals surface area contributed by atoms with E-state index in [-0.39, 0.29) is 12.6 Å². The van der Waals surface area contributed by atoms with Gasteiger partial charge in [-0.2, -0.15) is 0 Å². The fourth-order valence-electron chi connectivity index (χ4n) is 2.04. The van der Waals surface area contributed by atoms with E-state index in [1.807, 2.05) is 30.3 Å². The SMILES string of the molecule is COc1cccc(NC(=O)NCC(O)Cc2ccccc2)c1. The number of nitrogens with one attached hydrogen (secondary N) is 2. The van der Waals surface area contributed by atoms with Crippen molar-refractivity contribution in [3.8, 4) is 5.75 Å². The van der Waals surface area contributed by atoms with Crippen molar-refractivity contribution in [3.05, 3.63) is 60.2 Å². The van der Waals surface area contributed by atoms with Crippen molar-refractivity contribution >= 4 is 11.7 Å². The van der Waals surface area contributed by atoms with Gasteiger partial charge in [0, 0.05) is 24.7 Å². The lowest BCUT2D eigenvalue weighted by Crippen LogP contribution is -2.36. The van der Waals surface area contributed by atoms with Gasteiger partial charge in [-0.3, -0.25) is 0 Å². The lowest BCUT2D eigenvalue weighted by atomic mass is 10.1. The van der Waals surface area contributed by atoms with E-state index in [1.54, 1.807) is 31.4 Å². The summed E-state index contributed by atoms with van der Waals surface area (Å²) >= 11 is 0. The third kappa shape index (κ3) is 5.10. The molecule has 2 aromatic carbocycles. The van der Waals surface area contributed by atoms with Crippen LogP contribution in [0.4, 0.5) is 10.5 Å². The van der Waals surface area contributed by atoms with E-state index in [1.165, 1.54) is 0 Å². The molecule has 0 saturated heterocycles. The van der Waals surface area contributed by atoms with Gasteiger partial charge in [-0.05, 0) is 17.7 Å². The summed E-state index contributed by atoms with van der Waals surface area (Å²) in [5.41, 5.74) is 1.67. The molecule has 116 valence electrons. The molecule has 2 rings (SSSR count). The maximum absolute atomic E-state index is 11.8. The summed E-state index contributed by atoms with van der Waals surface area (Å²) in [5, 5.41) is 15.3. The fraction of sp³-hybridized carbons (Fsp3) is 0.235. The topological polar surface area (TPSA) is 70.6 Å². The molecule has 0 aliphatic heterocycles. The van der Waals surface area contributed by atoms with E-state index in [9.17, 15) is 9.90 Å². The zero-order chi connectivity index (χ0) is 15.8. The first-order valence-electron chi connectivity index (χ1n) is 7.08. The highest BCUT2D eigenvalue weighted by Crippen LogP contribution is 2.16. The molecule has 0 fully saturated rings. The molecule has 0 heterocycles. The number of ether oxygens (including phenoxy) is 1. The Morgan fingerprint density at radius 1 is 1.18 bits per heavy atom. The monoisotopic (exact) mass is 300 g/mol. The number of aliphatic hydroxyl groups is 1. The molecule has 5 nitrogen and oxygen atoms in total. The standard InChI is InChI=1S/C17H20N2O3/c1-22-16-9-5-8-14(11-16)19-17(21)18-12-15(20)10-13-6-3-2-4-7-13/h2-9,11,15,20H,10,12H2,1H3,(H2,18,19,21). The molecule has 2 aromatic rings. The Hall–Kier alpha value is -2.53. The molecule has 0 spiro atoms. The van der Waals surface area contributed by atoms with Crippen LogP contribution in [0.2, 0.25) is 0 Å². The predicted octanol–water partition coefficient (Wildman–Crippen LogP) is 2.42. The molecule has 0 radical (unpaired) electrons. The van der Waals surface area contributed by atoms with E-state index in [4.69, 9.17) is 4.74 Å². The molecule has 0 aliphatic carbocycles. The number of hydrogen-bond acceptors (Lipinski definition) is 3. The van der Waals surface area contributed by atoms with Crippen molar-refractivity contribution in [2.24, 2.45) is 0 Å². The Balaban J connectivity index is 1.77. The fourth-order valence-corrected chi connectivity index (χ4v) is 2.04. The second-order valence-electron chi connectivity index (χ2n) is 4.91. The summed E-state index contributed by atoms with van der Waals surface area (Å²) in [4.78, 5) is 11.8. The summed E-state index contributed by atoms with van der Waals surface area (Å²) in [7, 11) is 1.57. The highest BCUT2D eigenvalue weighted by Gasteiger charge is 2.08. The molecule has 0 aromatic heterocycles. The maximum Gasteiger partial charge on any atom is 0.319 e. The van der Waals surface area contributed by atoms with Crippen LogP contribution in [0.15, 0.2) is 54.6 Å². The molecule has 0 bridgehead atoms. The molecule has 22 heavy (non-hydrogen) atoms. The number of carbonyl (C=O) groups excluding carboxylic acids is 1. The number of anilines is 1. The van der Waals surface area contributed by atoms with E-state index in [0.717, 1.165) is 5.56 Å². The number of rotatable bonds is 6. The van der Waals surface area contributed by atoms with E-state index in [0.29, 0.717) is 17.9 Å². The third-order valence-electron chi connectivity index (χ3n) is 3.14. The van der Waals surface area contributed by atoms with Gasteiger partial charge in [0.05, 0.1) is 13.2 Å². The zero-order valence-corrected chi connectivity index (χ0v) is 12.5. The minimum Gasteiger partial charge on any atom is -0.497 e. The summed E-state index contributed by atoms with van der Waals surface area (Å²) in [6, 6.07) is 16.4. The summed E-state index contributed by atoms with van der Waals surface area (Å²) in [5.74, 6) is 0.668. The number of amides is 2. The Bertz CT molecular complexity index is 602. The van der Waals surface area contributed by atoms with Gasteiger partial charge < -0.3 is 20.5 Å². The molecule has 2 amide bonds. The van der Waals surface area contributed by atoms with E-state index < -0.39 is 6.10 Å². The first kappa shape index (κ1) is 15.9. The molecule has 5 heteroatoms. The molecule has 1 unspecified atom stereocenters. The molecule has 3 N–H and O–H groups in total. The van der Waals surface area contributed by atoms with Gasteiger partial charge >= 0.3 is 6.03 Å². The molecular formula is C17H20N2O3. The first-order valence-corrected chi connectivity index (χ1v) is 7.08. The van der Waals surface area contributed by atoms with Gasteiger partial charge in [0.15, 0.2) is 0 Å². The third-order valence-corrected chi connectivity index (χ3v) is 3.14. The van der Waals surface area contributed by atoms with Crippen molar-refractivity contribution in [1.29, 1.82) is 0 Å². The van der Waals surface area contributed by atoms with Gasteiger partial charge in [0.2, 0.25) is 0 Å². The van der Waals surface area contributed by atoms with Gasteiger partial charge in [0.25, 0.3) is 0 Å². The lowest BCUT2D eigenvalue weighted by molar-refractivity contribution is 0.172. The van der Waals surface area contributed by atoms with Crippen LogP contribution < -0.4 is 15.4 Å². The number of carbonyl (C=O) groups is 1. The van der Waals surface area contributed by atoms with E-state index in [2.05, 4.69) is 10.6 Å². The van der Waals surface area contributed by atoms with Crippen LogP contribution in [0.1, 0.15) is 5.56 Å². The predicted molar refractivity (Wildman–Crippen MR) is 86.2 cm³/mol. The Morgan fingerprint density at radius 3 is 2.68 bits per heavy atom. The number of hydrogen-bond donors (Lipinski definition) is 3. The quantitative estimate of drug-likeness (QED) is 0.767. The van der Waals surface area contributed by atoms with Crippen LogP contribution in [0.25, 0.3) is 0 Å². The van der Waals surface area contributed by atoms with Crippen LogP contribution in [-0.4, -0.2) is 30.9 Å². The second kappa shape index (κ2) is 8.05. The molecule has 0 aliphatic rings. The number of benzene rings is 2. The highest BCUT2D eigenvalue weighted by molar-refractivity contribution is 5.89. The van der Waals surface area contributed by atoms with Crippen LogP contribution in [0.3, 0.4) is 0 Å². The van der Waals surface area contributed by atoms with Crippen molar-refractivity contribution in [2.45, 2.75) is 12.5 Å². The molecular weight excluding hydrogens is 280 g/mol. The minimum absolute atomic E-state index is 0.185. The van der Waals surface area contributed by atoms with Crippen LogP contribution >= 0.6 is 0 Å². The average Bonchev–Trinajstić information content (AvgIpc) is 2.54. The van der Waals surface area contributed by atoms with Crippen molar-refractivity contribution in [1.82, 2.24) is 5.32 Å². The lowest BCUT2D eigenvalue weighted by Gasteiger charge is -2.13. The van der Waals surface area contributed by atoms with Crippen LogP contribution in [-0.2, 0) is 6.42 Å². The zero-order valence-electron chi connectivity index (χ0n) is 12.5. The first-order chi connectivity index (χ1) is 10.7. The largest absolute Gasteiger partial charge is 0.497 e. The smallest absolute Gasteiger partial charge is 0.319 e. The molecule has 0 saturated carbocycles. The van der Waals surface area contributed by atoms with Gasteiger partial charge in [-0.1, -0.05) is 36.4 Å². The number of urea groups is 1. The number of aliphatic hydroxyl groups excluding tert-OH is 1. The number of methoxy groups -OCH3 is 1. The van der Waals surface area contributed by atoms with E-state index >= 15 is 0 Å². The van der Waals surface area contributed by atoms with Crippen molar-refractivity contribution in [2.75, 3.05) is 19.0 Å². The maximum atomic E-state index is 11.8. The Labute approximate surface area is 129 Å². The second-order valence-corrected chi connectivity index (χ2v) is 4.91. The van der Waals surface area contributed by atoms with Gasteiger partial charge in [0.1, 0.15) is 5.75 Å². The summed E-state index contributed by atoms with van der Waals surface area (Å²) in [6.07, 6.45) is -0.126. The van der Waals surface area contributed by atoms with Crippen molar-refractivity contribution in [3.63, 3.8) is 0 Å². The Morgan fingerprint density at radius 2 is 1.95 bits per heavy atom. The van der Waals surface area contributed by atoms with Gasteiger partial charge in [-0.25, -0.2) is 4.79 Å². The van der Waals surface area contributed by atoms with Crippen molar-refractivity contribution < 1.29 is 14.6 Å². The highest BCUT2D eigenvalue weighted by atomic mass is 16.5. The van der Waals surface area contributed by atoms with Crippen LogP contribution in [0, 0.1) is 0 Å². The Kier molecular flexibility index (Phi) is 5.80. The summed E-state index contributed by atoms with van der Waals surface area (Å²) in [6.45, 7) is 0.185. The average molecular weight is 300 g/mol. The molecule has 1 atom stereocenters. The van der Waals surface area contributed by atoms with Gasteiger partial charge in [-0.15, -0.1) is 0 Å². The van der Waals surface area contributed by atoms with Crippen LogP contribution in [0.5, 0.6) is 5.75 Å².